The molecule has 0 aliphatic carbocycles. The van der Waals surface area contributed by atoms with Crippen molar-refractivity contribution in [2.75, 3.05) is 42.3 Å². The predicted molar refractivity (Wildman–Crippen MR) is 67.4 cm³/mol. The highest BCUT2D eigenvalue weighted by Crippen LogP contribution is 2.30. The first-order valence-electron chi connectivity index (χ1n) is 4.89. The first-order chi connectivity index (χ1) is 7.72. The molecule has 1 aliphatic heterocycles. The largest absolute Gasteiger partial charge is 0.465 e. The van der Waals surface area contributed by atoms with Crippen molar-refractivity contribution in [1.82, 2.24) is 4.98 Å². The van der Waals surface area contributed by atoms with Crippen LogP contribution < -0.4 is 10.6 Å². The fourth-order valence-electron chi connectivity index (χ4n) is 1.45. The van der Waals surface area contributed by atoms with Gasteiger partial charge in [0.2, 0.25) is 0 Å². The first kappa shape index (κ1) is 11.5. The molecule has 5 nitrogen and oxygen atoms in total. The molecule has 7 heteroatoms. The summed E-state index contributed by atoms with van der Waals surface area (Å²) in [5.41, 5.74) is 5.69. The normalized spacial score (nSPS) is 16.2. The van der Waals surface area contributed by atoms with Gasteiger partial charge in [0.05, 0.1) is 7.11 Å². The fourth-order valence-corrected chi connectivity index (χ4v) is 3.31. The molecule has 1 aromatic heterocycles. The number of hydrogen-bond acceptors (Lipinski definition) is 7. The Kier molecular flexibility index (Phi) is 3.55. The summed E-state index contributed by atoms with van der Waals surface area (Å²) in [5.74, 6) is 2.04. The number of aromatic nitrogens is 1. The van der Waals surface area contributed by atoms with E-state index in [2.05, 4.69) is 14.6 Å². The molecule has 88 valence electrons. The van der Waals surface area contributed by atoms with E-state index in [1.807, 2.05) is 11.8 Å². The van der Waals surface area contributed by atoms with Gasteiger partial charge in [0.25, 0.3) is 0 Å². The van der Waals surface area contributed by atoms with E-state index in [1.165, 1.54) is 18.4 Å². The highest BCUT2D eigenvalue weighted by Gasteiger charge is 2.21. The van der Waals surface area contributed by atoms with Gasteiger partial charge in [-0.25, -0.2) is 9.78 Å². The van der Waals surface area contributed by atoms with Gasteiger partial charge in [0.15, 0.2) is 15.8 Å². The molecule has 0 bridgehead atoms. The van der Waals surface area contributed by atoms with Crippen LogP contribution in [0.3, 0.4) is 0 Å². The molecule has 16 heavy (non-hydrogen) atoms. The van der Waals surface area contributed by atoms with E-state index in [0.29, 0.717) is 4.88 Å². The summed E-state index contributed by atoms with van der Waals surface area (Å²) in [6.45, 7) is 1.91. The second-order valence-corrected chi connectivity index (χ2v) is 5.50. The van der Waals surface area contributed by atoms with Crippen LogP contribution >= 0.6 is 23.1 Å². The maximum absolute atomic E-state index is 11.4. The average molecular weight is 259 g/mol. The minimum absolute atomic E-state index is 0.269. The van der Waals surface area contributed by atoms with E-state index in [1.54, 1.807) is 0 Å². The van der Waals surface area contributed by atoms with Crippen LogP contribution in [0.2, 0.25) is 0 Å². The highest BCUT2D eigenvalue weighted by molar-refractivity contribution is 7.99. The zero-order chi connectivity index (χ0) is 11.5. The third kappa shape index (κ3) is 2.25. The molecule has 2 rings (SSSR count). The van der Waals surface area contributed by atoms with E-state index in [0.717, 1.165) is 29.7 Å². The van der Waals surface area contributed by atoms with E-state index in [-0.39, 0.29) is 5.82 Å². The summed E-state index contributed by atoms with van der Waals surface area (Å²) in [5, 5.41) is 0.818. The highest BCUT2D eigenvalue weighted by atomic mass is 32.2. The molecule has 0 aromatic carbocycles. The number of carbonyl (C=O) groups is 1. The number of nitrogen functional groups attached to an aromatic ring is 1. The van der Waals surface area contributed by atoms with Gasteiger partial charge in [-0.3, -0.25) is 0 Å². The molecule has 0 atom stereocenters. The van der Waals surface area contributed by atoms with Crippen LogP contribution in [-0.2, 0) is 4.74 Å². The molecule has 0 spiro atoms. The quantitative estimate of drug-likeness (QED) is 0.801. The third-order valence-corrected chi connectivity index (χ3v) is 4.35. The number of carbonyl (C=O) groups excluding carboxylic acids is 1. The molecule has 2 heterocycles. The smallest absolute Gasteiger partial charge is 0.351 e. The van der Waals surface area contributed by atoms with Crippen LogP contribution in [0.25, 0.3) is 0 Å². The molecule has 1 aromatic rings. The fraction of sp³-hybridized carbons (Fsp3) is 0.556. The standard InChI is InChI=1S/C9H13N3O2S2/c1-14-8(13)6-7(10)11-9(16-6)12-2-4-15-5-3-12/h2-5,10H2,1H3. The Balaban J connectivity index is 2.19. The number of anilines is 2. The number of thiazole rings is 1. The second-order valence-electron chi connectivity index (χ2n) is 3.30. The zero-order valence-corrected chi connectivity index (χ0v) is 10.6. The predicted octanol–water partition coefficient (Wildman–Crippen LogP) is 1.07. The van der Waals surface area contributed by atoms with E-state index >= 15 is 0 Å². The first-order valence-corrected chi connectivity index (χ1v) is 6.87. The number of ether oxygens (including phenoxy) is 1. The molecular formula is C9H13N3O2S2. The van der Waals surface area contributed by atoms with Crippen molar-refractivity contribution in [2.45, 2.75) is 0 Å². The van der Waals surface area contributed by atoms with Crippen molar-refractivity contribution in [3.8, 4) is 0 Å². The molecule has 0 saturated carbocycles. The van der Waals surface area contributed by atoms with E-state index in [4.69, 9.17) is 5.73 Å². The number of hydrogen-bond donors (Lipinski definition) is 1. The summed E-state index contributed by atoms with van der Waals surface area (Å²) in [7, 11) is 1.35. The molecule has 1 aliphatic rings. The maximum atomic E-state index is 11.4. The van der Waals surface area contributed by atoms with Crippen molar-refractivity contribution in [3.05, 3.63) is 4.88 Å². The van der Waals surface area contributed by atoms with Gasteiger partial charge < -0.3 is 15.4 Å². The Morgan fingerprint density at radius 2 is 2.19 bits per heavy atom. The van der Waals surface area contributed by atoms with Gasteiger partial charge >= 0.3 is 5.97 Å². The van der Waals surface area contributed by atoms with E-state index in [9.17, 15) is 4.79 Å². The van der Waals surface area contributed by atoms with Crippen LogP contribution in [0.15, 0.2) is 0 Å². The lowest BCUT2D eigenvalue weighted by atomic mass is 10.5. The maximum Gasteiger partial charge on any atom is 0.351 e. The van der Waals surface area contributed by atoms with Crippen LogP contribution in [0.1, 0.15) is 9.67 Å². The molecule has 1 fully saturated rings. The minimum Gasteiger partial charge on any atom is -0.465 e. The van der Waals surface area contributed by atoms with Crippen molar-refractivity contribution in [3.63, 3.8) is 0 Å². The van der Waals surface area contributed by atoms with Crippen LogP contribution in [0.4, 0.5) is 10.9 Å². The Morgan fingerprint density at radius 1 is 1.50 bits per heavy atom. The number of nitrogens with two attached hydrogens (primary N) is 1. The summed E-state index contributed by atoms with van der Waals surface area (Å²) in [6.07, 6.45) is 0. The van der Waals surface area contributed by atoms with Gasteiger partial charge in [0, 0.05) is 24.6 Å². The molecule has 0 amide bonds. The Bertz CT molecular complexity index is 388. The Hall–Kier alpha value is -0.950. The van der Waals surface area contributed by atoms with Gasteiger partial charge in [-0.15, -0.1) is 0 Å². The van der Waals surface area contributed by atoms with Gasteiger partial charge in [-0.2, -0.15) is 11.8 Å². The molecule has 1 saturated heterocycles. The second kappa shape index (κ2) is 4.92. The third-order valence-electron chi connectivity index (χ3n) is 2.29. The van der Waals surface area contributed by atoms with Gasteiger partial charge in [-0.05, 0) is 0 Å². The van der Waals surface area contributed by atoms with Crippen LogP contribution in [0, 0.1) is 0 Å². The lowest BCUT2D eigenvalue weighted by Crippen LogP contribution is -2.32. The topological polar surface area (TPSA) is 68.5 Å². The average Bonchev–Trinajstić information content (AvgIpc) is 2.71. The van der Waals surface area contributed by atoms with Crippen LogP contribution in [0.5, 0.6) is 0 Å². The van der Waals surface area contributed by atoms with Crippen molar-refractivity contribution in [2.24, 2.45) is 0 Å². The minimum atomic E-state index is -0.410. The molecular weight excluding hydrogens is 246 g/mol. The Labute approximate surface area is 102 Å². The number of rotatable bonds is 2. The summed E-state index contributed by atoms with van der Waals surface area (Å²) in [4.78, 5) is 18.1. The molecule has 0 unspecified atom stereocenters. The van der Waals surface area contributed by atoms with Gasteiger partial charge in [-0.1, -0.05) is 11.3 Å². The lowest BCUT2D eigenvalue weighted by Gasteiger charge is -2.25. The van der Waals surface area contributed by atoms with Gasteiger partial charge in [0.1, 0.15) is 0 Å². The number of nitrogens with zero attached hydrogens (tertiary/aromatic N) is 2. The van der Waals surface area contributed by atoms with Crippen molar-refractivity contribution in [1.29, 1.82) is 0 Å². The van der Waals surface area contributed by atoms with E-state index < -0.39 is 5.97 Å². The summed E-state index contributed by atoms with van der Waals surface area (Å²) < 4.78 is 4.65. The summed E-state index contributed by atoms with van der Waals surface area (Å²) in [6, 6.07) is 0. The summed E-state index contributed by atoms with van der Waals surface area (Å²) >= 11 is 3.23. The lowest BCUT2D eigenvalue weighted by molar-refractivity contribution is 0.0607. The van der Waals surface area contributed by atoms with Crippen LogP contribution in [-0.4, -0.2) is 42.7 Å². The SMILES string of the molecule is COC(=O)c1sc(N2CCSCC2)nc1N. The monoisotopic (exact) mass is 259 g/mol. The van der Waals surface area contributed by atoms with Crippen molar-refractivity contribution >= 4 is 40.0 Å². The number of thioether (sulfide) groups is 1. The zero-order valence-electron chi connectivity index (χ0n) is 8.93. The Morgan fingerprint density at radius 3 is 2.81 bits per heavy atom. The molecule has 2 N–H and O–H groups in total. The number of esters is 1. The van der Waals surface area contributed by atoms with Crippen molar-refractivity contribution < 1.29 is 9.53 Å². The molecule has 0 radical (unpaired) electrons. The number of methoxy groups -OCH3 is 1.